The molecule has 0 aromatic heterocycles. The van der Waals surface area contributed by atoms with Gasteiger partial charge in [0.25, 0.3) is 0 Å². The van der Waals surface area contributed by atoms with E-state index in [1.807, 2.05) is 0 Å². The zero-order chi connectivity index (χ0) is 15.9. The van der Waals surface area contributed by atoms with Crippen molar-refractivity contribution in [1.29, 1.82) is 0 Å². The van der Waals surface area contributed by atoms with E-state index in [4.69, 9.17) is 4.74 Å². The summed E-state index contributed by atoms with van der Waals surface area (Å²) < 4.78 is 31.2. The molecule has 2 aromatic carbocycles. The van der Waals surface area contributed by atoms with E-state index in [2.05, 4.69) is 0 Å². The molecule has 0 atom stereocenters. The molecule has 0 radical (unpaired) electrons. The van der Waals surface area contributed by atoms with Crippen LogP contribution in [0.1, 0.15) is 5.56 Å². The molecule has 116 valence electrons. The Morgan fingerprint density at radius 1 is 1.09 bits per heavy atom. The van der Waals surface area contributed by atoms with E-state index in [-0.39, 0.29) is 24.0 Å². The lowest BCUT2D eigenvalue weighted by Gasteiger charge is -2.17. The minimum absolute atomic E-state index is 0.117. The van der Waals surface area contributed by atoms with Gasteiger partial charge in [-0.05, 0) is 42.0 Å². The lowest BCUT2D eigenvalue weighted by atomic mass is 10.1. The van der Waals surface area contributed by atoms with E-state index in [0.29, 0.717) is 24.5 Å². The fourth-order valence-corrected chi connectivity index (χ4v) is 1.91. The van der Waals surface area contributed by atoms with Crippen LogP contribution in [0.4, 0.5) is 8.78 Å². The number of ether oxygens (including phenoxy) is 1. The van der Waals surface area contributed by atoms with Crippen molar-refractivity contribution in [1.82, 2.24) is 4.90 Å². The normalized spacial score (nSPS) is 10.3. The first kappa shape index (κ1) is 15.9. The molecule has 0 N–H and O–H groups in total. The molecule has 0 aliphatic rings. The van der Waals surface area contributed by atoms with Crippen molar-refractivity contribution in [3.05, 3.63) is 65.7 Å². The second-order valence-electron chi connectivity index (χ2n) is 4.92. The minimum atomic E-state index is -0.354. The highest BCUT2D eigenvalue weighted by molar-refractivity contribution is 5.78. The Kier molecular flexibility index (Phi) is 5.47. The third-order valence-electron chi connectivity index (χ3n) is 3.18. The molecule has 3 nitrogen and oxygen atoms in total. The van der Waals surface area contributed by atoms with E-state index < -0.39 is 0 Å². The molecular weight excluding hydrogens is 288 g/mol. The summed E-state index contributed by atoms with van der Waals surface area (Å²) in [6, 6.07) is 11.7. The average molecular weight is 305 g/mol. The van der Waals surface area contributed by atoms with Crippen LogP contribution in [0.2, 0.25) is 0 Å². The van der Waals surface area contributed by atoms with E-state index >= 15 is 0 Å². The van der Waals surface area contributed by atoms with Gasteiger partial charge in [0.1, 0.15) is 24.0 Å². The number of carbonyl (C=O) groups is 1. The Morgan fingerprint density at radius 3 is 2.50 bits per heavy atom. The van der Waals surface area contributed by atoms with Crippen LogP contribution in [-0.2, 0) is 11.2 Å². The van der Waals surface area contributed by atoms with Crippen LogP contribution in [0.25, 0.3) is 0 Å². The predicted octanol–water partition coefficient (Wildman–Crippen LogP) is 3.04. The molecule has 1 amide bonds. The Balaban J connectivity index is 1.77. The van der Waals surface area contributed by atoms with Crippen LogP contribution in [-0.4, -0.2) is 31.0 Å². The number of hydrogen-bond donors (Lipinski definition) is 0. The first-order valence-electron chi connectivity index (χ1n) is 6.91. The van der Waals surface area contributed by atoms with Crippen LogP contribution in [0.15, 0.2) is 48.5 Å². The Morgan fingerprint density at radius 2 is 1.82 bits per heavy atom. The Bertz CT molecular complexity index is 629. The topological polar surface area (TPSA) is 29.5 Å². The van der Waals surface area contributed by atoms with Crippen LogP contribution in [0.3, 0.4) is 0 Å². The summed E-state index contributed by atoms with van der Waals surface area (Å²) in [4.78, 5) is 13.5. The van der Waals surface area contributed by atoms with Gasteiger partial charge < -0.3 is 9.64 Å². The number of hydrogen-bond acceptors (Lipinski definition) is 2. The van der Waals surface area contributed by atoms with Gasteiger partial charge in [-0.15, -0.1) is 0 Å². The molecule has 0 unspecified atom stereocenters. The summed E-state index contributed by atoms with van der Waals surface area (Å²) in [6.45, 7) is 0.697. The SMILES string of the molecule is CN(CCOc1ccc(F)cc1)C(=O)Cc1cccc(F)c1. The molecule has 0 bridgehead atoms. The lowest BCUT2D eigenvalue weighted by Crippen LogP contribution is -2.32. The van der Waals surface area contributed by atoms with Crippen molar-refractivity contribution >= 4 is 5.91 Å². The Hall–Kier alpha value is -2.43. The standard InChI is InChI=1S/C17H17F2NO2/c1-20(9-10-22-16-7-5-14(18)6-8-16)17(21)12-13-3-2-4-15(19)11-13/h2-8,11H,9-10,12H2,1H3. The maximum Gasteiger partial charge on any atom is 0.226 e. The summed E-state index contributed by atoms with van der Waals surface area (Å²) in [5.41, 5.74) is 0.635. The van der Waals surface area contributed by atoms with Gasteiger partial charge in [-0.1, -0.05) is 12.1 Å². The summed E-state index contributed by atoms with van der Waals surface area (Å²) in [6.07, 6.45) is 0.144. The molecule has 0 heterocycles. The molecule has 5 heteroatoms. The van der Waals surface area contributed by atoms with Gasteiger partial charge in [-0.3, -0.25) is 4.79 Å². The first-order chi connectivity index (χ1) is 10.5. The van der Waals surface area contributed by atoms with Crippen LogP contribution in [0, 0.1) is 11.6 Å². The lowest BCUT2D eigenvalue weighted by molar-refractivity contribution is -0.129. The molecular formula is C17H17F2NO2. The zero-order valence-corrected chi connectivity index (χ0v) is 12.3. The van der Waals surface area contributed by atoms with Crippen LogP contribution in [0.5, 0.6) is 5.75 Å². The number of nitrogens with zero attached hydrogens (tertiary/aromatic N) is 1. The maximum atomic E-state index is 13.1. The van der Waals surface area contributed by atoms with Gasteiger partial charge in [-0.25, -0.2) is 8.78 Å². The van der Waals surface area contributed by atoms with E-state index in [0.717, 1.165) is 0 Å². The van der Waals surface area contributed by atoms with E-state index in [9.17, 15) is 13.6 Å². The zero-order valence-electron chi connectivity index (χ0n) is 12.3. The molecule has 2 rings (SSSR count). The van der Waals surface area contributed by atoms with Gasteiger partial charge in [0, 0.05) is 7.05 Å². The Labute approximate surface area is 128 Å². The van der Waals surface area contributed by atoms with E-state index in [1.165, 1.54) is 41.3 Å². The number of likely N-dealkylation sites (N-methyl/N-ethyl adjacent to an activating group) is 1. The fraction of sp³-hybridized carbons (Fsp3) is 0.235. The number of benzene rings is 2. The molecule has 22 heavy (non-hydrogen) atoms. The maximum absolute atomic E-state index is 13.1. The molecule has 0 saturated heterocycles. The van der Waals surface area contributed by atoms with Gasteiger partial charge in [0.15, 0.2) is 0 Å². The summed E-state index contributed by atoms with van der Waals surface area (Å²) >= 11 is 0. The molecule has 0 aliphatic heterocycles. The van der Waals surface area contributed by atoms with Crippen molar-refractivity contribution in [2.45, 2.75) is 6.42 Å². The van der Waals surface area contributed by atoms with Crippen molar-refractivity contribution in [3.8, 4) is 5.75 Å². The molecule has 0 aliphatic carbocycles. The predicted molar refractivity (Wildman–Crippen MR) is 79.6 cm³/mol. The summed E-state index contributed by atoms with van der Waals surface area (Å²) in [7, 11) is 1.66. The minimum Gasteiger partial charge on any atom is -0.492 e. The van der Waals surface area contributed by atoms with Gasteiger partial charge in [0.05, 0.1) is 13.0 Å². The molecule has 0 fully saturated rings. The monoisotopic (exact) mass is 305 g/mol. The highest BCUT2D eigenvalue weighted by Crippen LogP contribution is 2.11. The summed E-state index contributed by atoms with van der Waals surface area (Å²) in [5, 5.41) is 0. The first-order valence-corrected chi connectivity index (χ1v) is 6.91. The quantitative estimate of drug-likeness (QED) is 0.821. The van der Waals surface area contributed by atoms with Crippen LogP contribution < -0.4 is 4.74 Å². The third-order valence-corrected chi connectivity index (χ3v) is 3.18. The number of amides is 1. The van der Waals surface area contributed by atoms with Crippen molar-refractivity contribution in [2.24, 2.45) is 0 Å². The number of carbonyl (C=O) groups excluding carboxylic acids is 1. The fourth-order valence-electron chi connectivity index (χ4n) is 1.91. The average Bonchev–Trinajstić information content (AvgIpc) is 2.49. The highest BCUT2D eigenvalue weighted by atomic mass is 19.1. The van der Waals surface area contributed by atoms with Gasteiger partial charge in [-0.2, -0.15) is 0 Å². The summed E-state index contributed by atoms with van der Waals surface area (Å²) in [5.74, 6) is -0.247. The molecule has 0 spiro atoms. The highest BCUT2D eigenvalue weighted by Gasteiger charge is 2.10. The van der Waals surface area contributed by atoms with Crippen molar-refractivity contribution < 1.29 is 18.3 Å². The van der Waals surface area contributed by atoms with Crippen molar-refractivity contribution in [2.75, 3.05) is 20.2 Å². The van der Waals surface area contributed by atoms with Gasteiger partial charge in [0.2, 0.25) is 5.91 Å². The second kappa shape index (κ2) is 7.54. The van der Waals surface area contributed by atoms with Crippen molar-refractivity contribution in [3.63, 3.8) is 0 Å². The van der Waals surface area contributed by atoms with Gasteiger partial charge >= 0.3 is 0 Å². The molecule has 0 saturated carbocycles. The number of halogens is 2. The van der Waals surface area contributed by atoms with Crippen LogP contribution >= 0.6 is 0 Å². The number of rotatable bonds is 6. The third kappa shape index (κ3) is 4.84. The smallest absolute Gasteiger partial charge is 0.226 e. The second-order valence-corrected chi connectivity index (χ2v) is 4.92. The van der Waals surface area contributed by atoms with E-state index in [1.54, 1.807) is 19.2 Å². The molecule has 2 aromatic rings. The largest absolute Gasteiger partial charge is 0.492 e.